The minimum absolute atomic E-state index is 0.207. The molecule has 0 aliphatic carbocycles. The highest BCUT2D eigenvalue weighted by Crippen LogP contribution is 2.22. The van der Waals surface area contributed by atoms with Crippen molar-refractivity contribution in [3.05, 3.63) is 123 Å². The number of carbonyl (C=O) groups excluding carboxylic acids is 2. The maximum Gasteiger partial charge on any atom is 0.265 e. The molecule has 1 aromatic heterocycles. The van der Waals surface area contributed by atoms with Crippen molar-refractivity contribution in [1.82, 2.24) is 4.90 Å². The lowest BCUT2D eigenvalue weighted by Gasteiger charge is -2.25. The van der Waals surface area contributed by atoms with Gasteiger partial charge >= 0.3 is 0 Å². The third kappa shape index (κ3) is 5.75. The second kappa shape index (κ2) is 10.9. The Morgan fingerprint density at radius 3 is 2.44 bits per heavy atom. The number of nitrogens with one attached hydrogen (secondary N) is 1. The molecule has 0 unspecified atom stereocenters. The molecule has 0 fully saturated rings. The van der Waals surface area contributed by atoms with E-state index in [1.807, 2.05) is 53.9 Å². The first-order valence-corrected chi connectivity index (χ1v) is 11.7. The largest absolute Gasteiger partial charge is 0.330 e. The number of amides is 2. The number of hydrogen-bond donors (Lipinski definition) is 2. The van der Waals surface area contributed by atoms with E-state index in [2.05, 4.69) is 5.32 Å². The lowest BCUT2D eigenvalue weighted by atomic mass is 10.1. The van der Waals surface area contributed by atoms with Gasteiger partial charge < -0.3 is 16.0 Å². The standard InChI is InChI=1S/C27H24FN3O2S/c28-23-10-4-9-21(15-23)27(33)31(17-20-7-3-6-19(14-20)16-29)18-22-8-1-2-11-24(22)30-26(32)25-12-5-13-34-25/h1-15H,16-18,29H2,(H,30,32). The Hall–Kier alpha value is -3.81. The number of thiophene rings is 1. The average Bonchev–Trinajstić information content (AvgIpc) is 3.40. The maximum absolute atomic E-state index is 13.9. The number of halogens is 1. The smallest absolute Gasteiger partial charge is 0.265 e. The summed E-state index contributed by atoms with van der Waals surface area (Å²) in [5.74, 6) is -0.988. The van der Waals surface area contributed by atoms with Gasteiger partial charge in [-0.15, -0.1) is 11.3 Å². The Morgan fingerprint density at radius 1 is 0.882 bits per heavy atom. The summed E-state index contributed by atoms with van der Waals surface area (Å²) < 4.78 is 13.9. The number of benzene rings is 3. The van der Waals surface area contributed by atoms with Gasteiger partial charge in [0.15, 0.2) is 0 Å². The van der Waals surface area contributed by atoms with E-state index in [4.69, 9.17) is 5.73 Å². The minimum Gasteiger partial charge on any atom is -0.330 e. The molecule has 4 rings (SSSR count). The second-order valence-electron chi connectivity index (χ2n) is 7.78. The van der Waals surface area contributed by atoms with Gasteiger partial charge in [0, 0.05) is 30.9 Å². The Balaban J connectivity index is 1.64. The van der Waals surface area contributed by atoms with Crippen LogP contribution in [-0.2, 0) is 19.6 Å². The second-order valence-corrected chi connectivity index (χ2v) is 8.73. The molecular formula is C27H24FN3O2S. The van der Waals surface area contributed by atoms with Crippen LogP contribution in [-0.4, -0.2) is 16.7 Å². The first kappa shape index (κ1) is 23.4. The van der Waals surface area contributed by atoms with Gasteiger partial charge in [0.2, 0.25) is 0 Å². The molecule has 0 spiro atoms. The monoisotopic (exact) mass is 473 g/mol. The molecular weight excluding hydrogens is 449 g/mol. The molecule has 0 aliphatic heterocycles. The third-order valence-electron chi connectivity index (χ3n) is 5.33. The van der Waals surface area contributed by atoms with E-state index >= 15 is 0 Å². The summed E-state index contributed by atoms with van der Waals surface area (Å²) in [6.07, 6.45) is 0. The van der Waals surface area contributed by atoms with Crippen LogP contribution in [0.15, 0.2) is 90.3 Å². The van der Waals surface area contributed by atoms with Crippen LogP contribution in [0.5, 0.6) is 0 Å². The van der Waals surface area contributed by atoms with E-state index in [0.29, 0.717) is 23.7 Å². The molecule has 2 amide bonds. The van der Waals surface area contributed by atoms with Crippen molar-refractivity contribution < 1.29 is 14.0 Å². The van der Waals surface area contributed by atoms with E-state index in [9.17, 15) is 14.0 Å². The molecule has 4 aromatic rings. The van der Waals surface area contributed by atoms with Crippen LogP contribution in [0.2, 0.25) is 0 Å². The summed E-state index contributed by atoms with van der Waals surface area (Å²) >= 11 is 1.36. The molecule has 3 aromatic carbocycles. The van der Waals surface area contributed by atoms with Gasteiger partial charge in [0.1, 0.15) is 5.82 Å². The number of hydrogen-bond acceptors (Lipinski definition) is 4. The van der Waals surface area contributed by atoms with Crippen LogP contribution < -0.4 is 11.1 Å². The number of rotatable bonds is 8. The van der Waals surface area contributed by atoms with Crippen molar-refractivity contribution in [1.29, 1.82) is 0 Å². The van der Waals surface area contributed by atoms with Crippen LogP contribution in [0.25, 0.3) is 0 Å². The molecule has 5 nitrogen and oxygen atoms in total. The molecule has 0 bridgehead atoms. The van der Waals surface area contributed by atoms with E-state index < -0.39 is 5.82 Å². The summed E-state index contributed by atoms with van der Waals surface area (Å²) in [5, 5.41) is 4.79. The molecule has 3 N–H and O–H groups in total. The van der Waals surface area contributed by atoms with Crippen molar-refractivity contribution in [2.45, 2.75) is 19.6 Å². The van der Waals surface area contributed by atoms with Crippen LogP contribution in [0.3, 0.4) is 0 Å². The fourth-order valence-corrected chi connectivity index (χ4v) is 4.28. The molecule has 1 heterocycles. The highest BCUT2D eigenvalue weighted by atomic mass is 32.1. The number of nitrogens with zero attached hydrogens (tertiary/aromatic N) is 1. The number of para-hydroxylation sites is 1. The fraction of sp³-hybridized carbons (Fsp3) is 0.111. The van der Waals surface area contributed by atoms with Crippen molar-refractivity contribution >= 4 is 28.8 Å². The maximum atomic E-state index is 13.9. The molecule has 0 saturated heterocycles. The van der Waals surface area contributed by atoms with Crippen LogP contribution in [0.1, 0.15) is 36.7 Å². The number of nitrogens with two attached hydrogens (primary N) is 1. The zero-order chi connectivity index (χ0) is 23.9. The topological polar surface area (TPSA) is 75.4 Å². The lowest BCUT2D eigenvalue weighted by Crippen LogP contribution is -2.30. The first-order chi connectivity index (χ1) is 16.5. The molecule has 7 heteroatoms. The van der Waals surface area contributed by atoms with E-state index in [1.165, 1.54) is 29.5 Å². The Bertz CT molecular complexity index is 1290. The van der Waals surface area contributed by atoms with Crippen molar-refractivity contribution in [2.75, 3.05) is 5.32 Å². The predicted molar refractivity (Wildman–Crippen MR) is 133 cm³/mol. The number of anilines is 1. The molecule has 0 aliphatic rings. The fourth-order valence-electron chi connectivity index (χ4n) is 3.66. The van der Waals surface area contributed by atoms with Gasteiger partial charge in [0.05, 0.1) is 4.88 Å². The van der Waals surface area contributed by atoms with Gasteiger partial charge in [-0.25, -0.2) is 4.39 Å². The first-order valence-electron chi connectivity index (χ1n) is 10.8. The molecule has 34 heavy (non-hydrogen) atoms. The van der Waals surface area contributed by atoms with Crippen molar-refractivity contribution in [3.63, 3.8) is 0 Å². The lowest BCUT2D eigenvalue weighted by molar-refractivity contribution is 0.0730. The van der Waals surface area contributed by atoms with Gasteiger partial charge in [0.25, 0.3) is 11.8 Å². The van der Waals surface area contributed by atoms with Crippen LogP contribution in [0.4, 0.5) is 10.1 Å². The van der Waals surface area contributed by atoms with E-state index in [0.717, 1.165) is 16.7 Å². The van der Waals surface area contributed by atoms with Gasteiger partial charge in [-0.2, -0.15) is 0 Å². The minimum atomic E-state index is -0.473. The summed E-state index contributed by atoms with van der Waals surface area (Å²) in [5.41, 5.74) is 9.30. The highest BCUT2D eigenvalue weighted by Gasteiger charge is 2.20. The molecule has 172 valence electrons. The van der Waals surface area contributed by atoms with Gasteiger partial charge in [-0.3, -0.25) is 9.59 Å². The van der Waals surface area contributed by atoms with Gasteiger partial charge in [-0.05, 0) is 52.4 Å². The summed E-state index contributed by atoms with van der Waals surface area (Å²) in [6, 6.07) is 24.3. The predicted octanol–water partition coefficient (Wildman–Crippen LogP) is 5.44. The zero-order valence-electron chi connectivity index (χ0n) is 18.4. The quantitative estimate of drug-likeness (QED) is 0.358. The Kier molecular flexibility index (Phi) is 7.47. The summed E-state index contributed by atoms with van der Waals surface area (Å²) in [4.78, 5) is 28.3. The zero-order valence-corrected chi connectivity index (χ0v) is 19.2. The third-order valence-corrected chi connectivity index (χ3v) is 6.20. The molecule has 0 radical (unpaired) electrons. The molecule has 0 saturated carbocycles. The van der Waals surface area contributed by atoms with Crippen LogP contribution >= 0.6 is 11.3 Å². The van der Waals surface area contributed by atoms with Crippen molar-refractivity contribution in [3.8, 4) is 0 Å². The average molecular weight is 474 g/mol. The molecule has 0 atom stereocenters. The Morgan fingerprint density at radius 2 is 1.68 bits per heavy atom. The van der Waals surface area contributed by atoms with E-state index in [1.54, 1.807) is 23.1 Å². The van der Waals surface area contributed by atoms with E-state index in [-0.39, 0.29) is 23.9 Å². The number of carbonyl (C=O) groups is 2. The Labute approximate surface area is 201 Å². The van der Waals surface area contributed by atoms with Crippen molar-refractivity contribution in [2.24, 2.45) is 5.73 Å². The highest BCUT2D eigenvalue weighted by molar-refractivity contribution is 7.12. The summed E-state index contributed by atoms with van der Waals surface area (Å²) in [6.45, 7) is 0.919. The van der Waals surface area contributed by atoms with Gasteiger partial charge in [-0.1, -0.05) is 54.6 Å². The van der Waals surface area contributed by atoms with Crippen LogP contribution in [0, 0.1) is 5.82 Å². The SMILES string of the molecule is NCc1cccc(CN(Cc2ccccc2NC(=O)c2cccs2)C(=O)c2cccc(F)c2)c1. The normalized spacial score (nSPS) is 10.6. The summed E-state index contributed by atoms with van der Waals surface area (Å²) in [7, 11) is 0.